The summed E-state index contributed by atoms with van der Waals surface area (Å²) >= 11 is 0. The number of piperidine rings is 1. The number of hydrogen-bond acceptors (Lipinski definition) is 3. The van der Waals surface area contributed by atoms with E-state index in [1.54, 1.807) is 12.5 Å². The van der Waals surface area contributed by atoms with Crippen LogP contribution < -0.4 is 0 Å². The molecule has 120 valence electrons. The molecular formula is C18H22N4O. The molecule has 5 nitrogen and oxygen atoms in total. The number of carbonyl (C=O) groups is 1. The molecule has 1 aromatic carbocycles. The molecule has 4 rings (SSSR count). The van der Waals surface area contributed by atoms with Crippen LogP contribution in [0.15, 0.2) is 42.9 Å². The molecule has 3 heterocycles. The number of fused-ring (bicyclic) bond motifs is 1. The van der Waals surface area contributed by atoms with Crippen LogP contribution in [0.1, 0.15) is 29.8 Å². The molecule has 0 N–H and O–H groups in total. The third kappa shape index (κ3) is 2.77. The summed E-state index contributed by atoms with van der Waals surface area (Å²) in [5, 5.41) is 0. The van der Waals surface area contributed by atoms with Crippen LogP contribution in [0.3, 0.4) is 0 Å². The molecule has 2 saturated heterocycles. The molecule has 2 aliphatic rings. The van der Waals surface area contributed by atoms with E-state index in [9.17, 15) is 4.79 Å². The number of aromatic nitrogens is 2. The van der Waals surface area contributed by atoms with Crippen molar-refractivity contribution in [2.75, 3.05) is 26.2 Å². The molecule has 0 aliphatic carbocycles. The average Bonchev–Trinajstić information content (AvgIpc) is 3.11. The standard InChI is InChI=1S/C18H22N4O/c23-18(21-11-10-20-9-5-4-8-16(20)13-21)17-12-19-14-22(17)15-6-2-1-3-7-15/h1-3,6-7,12,14,16H,4-5,8-11,13H2/t16-/m1/s1. The van der Waals surface area contributed by atoms with Gasteiger partial charge >= 0.3 is 0 Å². The number of imidazole rings is 1. The maximum atomic E-state index is 13.0. The smallest absolute Gasteiger partial charge is 0.272 e. The van der Waals surface area contributed by atoms with Gasteiger partial charge in [-0.3, -0.25) is 14.3 Å². The molecule has 1 aromatic heterocycles. The first-order valence-electron chi connectivity index (χ1n) is 8.44. The summed E-state index contributed by atoms with van der Waals surface area (Å²) < 4.78 is 1.88. The second kappa shape index (κ2) is 6.16. The fourth-order valence-electron chi connectivity index (χ4n) is 3.75. The first-order valence-corrected chi connectivity index (χ1v) is 8.44. The fraction of sp³-hybridized carbons (Fsp3) is 0.444. The van der Waals surface area contributed by atoms with Crippen LogP contribution >= 0.6 is 0 Å². The lowest BCUT2D eigenvalue weighted by molar-refractivity contribution is 0.0367. The van der Waals surface area contributed by atoms with Gasteiger partial charge in [0.05, 0.1) is 12.5 Å². The highest BCUT2D eigenvalue weighted by atomic mass is 16.2. The highest BCUT2D eigenvalue weighted by molar-refractivity contribution is 5.93. The number of hydrogen-bond donors (Lipinski definition) is 0. The molecule has 0 spiro atoms. The normalized spacial score (nSPS) is 21.9. The van der Waals surface area contributed by atoms with E-state index in [1.807, 2.05) is 39.8 Å². The van der Waals surface area contributed by atoms with Crippen LogP contribution in [0.5, 0.6) is 0 Å². The summed E-state index contributed by atoms with van der Waals surface area (Å²) in [4.78, 5) is 21.7. The van der Waals surface area contributed by atoms with E-state index in [0.717, 1.165) is 25.3 Å². The number of nitrogens with zero attached hydrogens (tertiary/aromatic N) is 4. The third-order valence-electron chi connectivity index (χ3n) is 5.02. The number of amides is 1. The summed E-state index contributed by atoms with van der Waals surface area (Å²) in [5.41, 5.74) is 1.63. The largest absolute Gasteiger partial charge is 0.334 e. The molecule has 2 aromatic rings. The summed E-state index contributed by atoms with van der Waals surface area (Å²) in [6.45, 7) is 3.85. The Morgan fingerprint density at radius 3 is 2.83 bits per heavy atom. The summed E-state index contributed by atoms with van der Waals surface area (Å²) in [5.74, 6) is 0.0941. The Hall–Kier alpha value is -2.14. The van der Waals surface area contributed by atoms with Gasteiger partial charge in [-0.2, -0.15) is 0 Å². The van der Waals surface area contributed by atoms with E-state index < -0.39 is 0 Å². The van der Waals surface area contributed by atoms with Gasteiger partial charge in [-0.05, 0) is 31.5 Å². The van der Waals surface area contributed by atoms with Gasteiger partial charge in [-0.1, -0.05) is 24.6 Å². The van der Waals surface area contributed by atoms with Gasteiger partial charge < -0.3 is 4.90 Å². The Kier molecular flexibility index (Phi) is 3.87. The van der Waals surface area contributed by atoms with Crippen LogP contribution in [-0.4, -0.2) is 57.5 Å². The highest BCUT2D eigenvalue weighted by Crippen LogP contribution is 2.22. The summed E-state index contributed by atoms with van der Waals surface area (Å²) in [6, 6.07) is 10.5. The molecule has 0 bridgehead atoms. The molecule has 0 radical (unpaired) electrons. The van der Waals surface area contributed by atoms with Gasteiger partial charge in [0.2, 0.25) is 0 Å². The molecule has 5 heteroatoms. The first kappa shape index (κ1) is 14.5. The lowest BCUT2D eigenvalue weighted by atomic mass is 9.99. The number of carbonyl (C=O) groups excluding carboxylic acids is 1. The van der Waals surface area contributed by atoms with Crippen molar-refractivity contribution in [2.45, 2.75) is 25.3 Å². The average molecular weight is 310 g/mol. The van der Waals surface area contributed by atoms with Crippen molar-refractivity contribution < 1.29 is 4.79 Å². The monoisotopic (exact) mass is 310 g/mol. The zero-order valence-corrected chi connectivity index (χ0v) is 13.3. The predicted molar refractivity (Wildman–Crippen MR) is 88.7 cm³/mol. The SMILES string of the molecule is O=C(c1cncn1-c1ccccc1)N1CCN2CCCC[C@@H]2C1. The molecule has 1 amide bonds. The van der Waals surface area contributed by atoms with Gasteiger partial charge in [0.1, 0.15) is 5.69 Å². The van der Waals surface area contributed by atoms with Crippen molar-refractivity contribution in [3.63, 3.8) is 0 Å². The molecular weight excluding hydrogens is 288 g/mol. The van der Waals surface area contributed by atoms with Crippen molar-refractivity contribution in [1.82, 2.24) is 19.4 Å². The zero-order valence-electron chi connectivity index (χ0n) is 13.3. The predicted octanol–water partition coefficient (Wildman–Crippen LogP) is 2.18. The van der Waals surface area contributed by atoms with E-state index in [2.05, 4.69) is 9.88 Å². The van der Waals surface area contributed by atoms with Crippen LogP contribution in [-0.2, 0) is 0 Å². The maximum Gasteiger partial charge on any atom is 0.272 e. The van der Waals surface area contributed by atoms with E-state index in [0.29, 0.717) is 11.7 Å². The van der Waals surface area contributed by atoms with E-state index in [4.69, 9.17) is 0 Å². The fourth-order valence-corrected chi connectivity index (χ4v) is 3.75. The maximum absolute atomic E-state index is 13.0. The minimum Gasteiger partial charge on any atom is -0.334 e. The Bertz CT molecular complexity index is 681. The lowest BCUT2D eigenvalue weighted by Crippen LogP contribution is -2.56. The van der Waals surface area contributed by atoms with Crippen LogP contribution in [0, 0.1) is 0 Å². The molecule has 2 fully saturated rings. The van der Waals surface area contributed by atoms with Gasteiger partial charge in [0.25, 0.3) is 5.91 Å². The third-order valence-corrected chi connectivity index (χ3v) is 5.02. The van der Waals surface area contributed by atoms with Gasteiger partial charge in [-0.25, -0.2) is 4.98 Å². The Morgan fingerprint density at radius 1 is 1.09 bits per heavy atom. The van der Waals surface area contributed by atoms with Crippen LogP contribution in [0.4, 0.5) is 0 Å². The van der Waals surface area contributed by atoms with Crippen molar-refractivity contribution in [3.8, 4) is 5.69 Å². The second-order valence-electron chi connectivity index (χ2n) is 6.42. The summed E-state index contributed by atoms with van der Waals surface area (Å²) in [6.07, 6.45) is 7.19. The lowest BCUT2D eigenvalue weighted by Gasteiger charge is -2.44. The van der Waals surface area contributed by atoms with Crippen LogP contribution in [0.25, 0.3) is 5.69 Å². The molecule has 0 unspecified atom stereocenters. The number of piperazine rings is 1. The minimum absolute atomic E-state index is 0.0941. The van der Waals surface area contributed by atoms with Crippen molar-refractivity contribution in [3.05, 3.63) is 48.5 Å². The Labute approximate surface area is 136 Å². The van der Waals surface area contributed by atoms with Gasteiger partial charge in [0, 0.05) is 31.4 Å². The van der Waals surface area contributed by atoms with Crippen molar-refractivity contribution >= 4 is 5.91 Å². The zero-order chi connectivity index (χ0) is 15.6. The molecule has 0 saturated carbocycles. The second-order valence-corrected chi connectivity index (χ2v) is 6.42. The van der Waals surface area contributed by atoms with Gasteiger partial charge in [0.15, 0.2) is 0 Å². The topological polar surface area (TPSA) is 41.4 Å². The number of para-hydroxylation sites is 1. The number of benzene rings is 1. The molecule has 2 aliphatic heterocycles. The molecule has 23 heavy (non-hydrogen) atoms. The van der Waals surface area contributed by atoms with E-state index in [1.165, 1.54) is 25.8 Å². The quantitative estimate of drug-likeness (QED) is 0.854. The Balaban J connectivity index is 1.55. The number of rotatable bonds is 2. The first-order chi connectivity index (χ1) is 11.3. The van der Waals surface area contributed by atoms with E-state index >= 15 is 0 Å². The van der Waals surface area contributed by atoms with Crippen molar-refractivity contribution in [2.24, 2.45) is 0 Å². The minimum atomic E-state index is 0.0941. The van der Waals surface area contributed by atoms with Crippen LogP contribution in [0.2, 0.25) is 0 Å². The highest BCUT2D eigenvalue weighted by Gasteiger charge is 2.32. The summed E-state index contributed by atoms with van der Waals surface area (Å²) in [7, 11) is 0. The van der Waals surface area contributed by atoms with Gasteiger partial charge in [-0.15, -0.1) is 0 Å². The molecule has 1 atom stereocenters. The van der Waals surface area contributed by atoms with Crippen molar-refractivity contribution in [1.29, 1.82) is 0 Å². The van der Waals surface area contributed by atoms with E-state index in [-0.39, 0.29) is 5.91 Å². The Morgan fingerprint density at radius 2 is 1.96 bits per heavy atom.